The lowest BCUT2D eigenvalue weighted by Gasteiger charge is -2.19. The van der Waals surface area contributed by atoms with E-state index in [1.54, 1.807) is 62.4 Å². The normalized spacial score (nSPS) is 11.3. The van der Waals surface area contributed by atoms with Crippen LogP contribution in [0.1, 0.15) is 63.5 Å². The molecule has 6 aromatic rings. The number of nitriles is 2. The minimum atomic E-state index is -0.576. The number of ether oxygens (including phenoxy) is 8. The van der Waals surface area contributed by atoms with Gasteiger partial charge in [0.05, 0.1) is 23.3 Å². The Labute approximate surface area is 444 Å². The van der Waals surface area contributed by atoms with Gasteiger partial charge in [-0.25, -0.2) is 4.79 Å². The average Bonchev–Trinajstić information content (AvgIpc) is 3.44. The molecule has 0 amide bonds. The van der Waals surface area contributed by atoms with Crippen LogP contribution in [-0.2, 0) is 33.3 Å². The van der Waals surface area contributed by atoms with E-state index in [-0.39, 0.29) is 56.8 Å². The number of hydrogen-bond acceptors (Lipinski definition) is 13. The van der Waals surface area contributed by atoms with Crippen LogP contribution in [0.15, 0.2) is 170 Å². The van der Waals surface area contributed by atoms with Crippen LogP contribution in [0.25, 0.3) is 33.4 Å². The minimum absolute atomic E-state index is 0.0403. The van der Waals surface area contributed by atoms with E-state index in [4.69, 9.17) is 48.4 Å². The minimum Gasteiger partial charge on any atom is -0.491 e. The van der Waals surface area contributed by atoms with E-state index in [2.05, 4.69) is 37.3 Å². The Hall–Kier alpha value is -8.93. The zero-order valence-electron chi connectivity index (χ0n) is 42.8. The first-order valence-corrected chi connectivity index (χ1v) is 24.9. The summed E-state index contributed by atoms with van der Waals surface area (Å²) in [7, 11) is 0. The lowest BCUT2D eigenvalue weighted by atomic mass is 10.0. The van der Waals surface area contributed by atoms with E-state index in [1.807, 2.05) is 97.1 Å². The van der Waals surface area contributed by atoms with Crippen molar-refractivity contribution in [2.24, 2.45) is 0 Å². The van der Waals surface area contributed by atoms with Crippen LogP contribution in [0.5, 0.6) is 23.0 Å². The molecule has 0 aromatic heterocycles. The molecule has 2 atom stereocenters. The maximum Gasteiger partial charge on any atom is 0.333 e. The van der Waals surface area contributed by atoms with Crippen molar-refractivity contribution in [2.45, 2.75) is 64.6 Å². The van der Waals surface area contributed by atoms with Gasteiger partial charge in [0.15, 0.2) is 0 Å². The summed E-state index contributed by atoms with van der Waals surface area (Å²) in [6, 6.07) is 48.5. The van der Waals surface area contributed by atoms with Crippen molar-refractivity contribution in [3.8, 4) is 80.5 Å². The standard InChI is InChI=1S/C63H60N2O11/c1-45(2)35-38-69-41-59(70-36-7-5-9-61(66)75-57-31-23-53(24-32-57)49-15-11-47(39-64)12-16-49)42-72-55-27-19-51(20-28-55)52-21-29-56(30-22-52)73-43-60(44-74-63(68)46(3)4)71-37-8-6-10-62(67)76-58-33-25-54(26-34-58)50-17-13-48(40-65)14-18-50/h11-34,59-60H,1,3,5-10,36-37,41-44H2,2,4H3. The highest BCUT2D eigenvalue weighted by atomic mass is 16.6. The summed E-state index contributed by atoms with van der Waals surface area (Å²) in [5.41, 5.74) is 7.83. The molecule has 2 unspecified atom stereocenters. The number of benzene rings is 6. The fourth-order valence-corrected chi connectivity index (χ4v) is 7.22. The molecular weight excluding hydrogens is 961 g/mol. The number of carbonyl (C=O) groups is 3. The van der Waals surface area contributed by atoms with Crippen LogP contribution in [-0.4, -0.2) is 69.8 Å². The molecule has 0 aliphatic rings. The van der Waals surface area contributed by atoms with E-state index >= 15 is 0 Å². The lowest BCUT2D eigenvalue weighted by Crippen LogP contribution is -2.29. The summed E-state index contributed by atoms with van der Waals surface area (Å²) < 4.78 is 46.3. The molecule has 6 aromatic carbocycles. The fourth-order valence-electron chi connectivity index (χ4n) is 7.22. The van der Waals surface area contributed by atoms with Crippen LogP contribution in [0.3, 0.4) is 0 Å². The second-order valence-electron chi connectivity index (χ2n) is 17.6. The monoisotopic (exact) mass is 1020 g/mol. The number of nitrogens with zero attached hydrogens (tertiary/aromatic N) is 2. The van der Waals surface area contributed by atoms with Crippen molar-refractivity contribution in [3.05, 3.63) is 181 Å². The SMILES string of the molecule is C=C(C)C#COCC(COc1ccc(-c2ccc(OCC(COC(=O)C(=C)C)OCCCCC(=O)Oc3ccc(-c4ccc(C#N)cc4)cc3)cc2)cc1)OCCCCC(=O)Oc1ccc(-c2ccc(C#N)cc2)cc1. The number of esters is 3. The number of unbranched alkanes of at least 4 members (excludes halogenated alkanes) is 2. The van der Waals surface area contributed by atoms with Crippen molar-refractivity contribution >= 4 is 17.9 Å². The average molecular weight is 1020 g/mol. The molecule has 0 saturated heterocycles. The molecule has 0 heterocycles. The molecule has 388 valence electrons. The van der Waals surface area contributed by atoms with E-state index in [0.717, 1.165) is 33.4 Å². The Morgan fingerprint density at radius 3 is 1.18 bits per heavy atom. The summed E-state index contributed by atoms with van der Waals surface area (Å²) in [6.07, 6.45) is 4.31. The molecule has 0 fully saturated rings. The third kappa shape index (κ3) is 19.5. The van der Waals surface area contributed by atoms with Crippen molar-refractivity contribution < 1.29 is 52.3 Å². The van der Waals surface area contributed by atoms with E-state index < -0.39 is 18.2 Å². The molecule has 0 saturated carbocycles. The Kier molecular flexibility index (Phi) is 22.5. The summed E-state index contributed by atoms with van der Waals surface area (Å²) >= 11 is 0. The van der Waals surface area contributed by atoms with Crippen LogP contribution >= 0.6 is 0 Å². The summed E-state index contributed by atoms with van der Waals surface area (Å²) in [5.74, 6) is 3.71. The smallest absolute Gasteiger partial charge is 0.333 e. The van der Waals surface area contributed by atoms with Crippen LogP contribution < -0.4 is 18.9 Å². The third-order valence-electron chi connectivity index (χ3n) is 11.4. The molecular formula is C63H60N2O11. The second kappa shape index (κ2) is 30.3. The quantitative estimate of drug-likeness (QED) is 0.0149. The Morgan fingerprint density at radius 2 is 0.829 bits per heavy atom. The molecule has 0 radical (unpaired) electrons. The van der Waals surface area contributed by atoms with Crippen LogP contribution in [0.2, 0.25) is 0 Å². The predicted molar refractivity (Wildman–Crippen MR) is 289 cm³/mol. The highest BCUT2D eigenvalue weighted by molar-refractivity contribution is 5.87. The molecule has 0 N–H and O–H groups in total. The van der Waals surface area contributed by atoms with Crippen molar-refractivity contribution in [1.82, 2.24) is 0 Å². The van der Waals surface area contributed by atoms with Gasteiger partial charge in [-0.05, 0) is 157 Å². The fraction of sp³-hybridized carbons (Fsp3) is 0.254. The van der Waals surface area contributed by atoms with Gasteiger partial charge in [0.2, 0.25) is 0 Å². The molecule has 0 spiro atoms. The van der Waals surface area contributed by atoms with E-state index in [1.165, 1.54) is 0 Å². The zero-order chi connectivity index (χ0) is 53.9. The number of hydrogen-bond donors (Lipinski definition) is 0. The Morgan fingerprint density at radius 1 is 0.474 bits per heavy atom. The second-order valence-corrected chi connectivity index (χ2v) is 17.6. The predicted octanol–water partition coefficient (Wildman–Crippen LogP) is 12.2. The maximum absolute atomic E-state index is 12.6. The van der Waals surface area contributed by atoms with Crippen LogP contribution in [0, 0.1) is 34.7 Å². The molecule has 13 nitrogen and oxygen atoms in total. The molecule has 0 bridgehead atoms. The molecule has 6 rings (SSSR count). The summed E-state index contributed by atoms with van der Waals surface area (Å²) in [4.78, 5) is 37.4. The van der Waals surface area contributed by atoms with Crippen molar-refractivity contribution in [3.63, 3.8) is 0 Å². The van der Waals surface area contributed by atoms with Gasteiger partial charge < -0.3 is 37.9 Å². The molecule has 0 aliphatic carbocycles. The van der Waals surface area contributed by atoms with Crippen LogP contribution in [0.4, 0.5) is 0 Å². The van der Waals surface area contributed by atoms with Gasteiger partial charge in [-0.2, -0.15) is 10.5 Å². The molecule has 13 heteroatoms. The highest BCUT2D eigenvalue weighted by Crippen LogP contribution is 2.27. The molecule has 76 heavy (non-hydrogen) atoms. The first-order chi connectivity index (χ1) is 36.9. The first-order valence-electron chi connectivity index (χ1n) is 24.9. The first kappa shape index (κ1) is 56.4. The van der Waals surface area contributed by atoms with Gasteiger partial charge in [-0.1, -0.05) is 86.0 Å². The van der Waals surface area contributed by atoms with Crippen molar-refractivity contribution in [2.75, 3.05) is 39.6 Å². The zero-order valence-corrected chi connectivity index (χ0v) is 42.8. The summed E-state index contributed by atoms with van der Waals surface area (Å²) in [5, 5.41) is 18.1. The third-order valence-corrected chi connectivity index (χ3v) is 11.4. The number of allylic oxidation sites excluding steroid dienone is 1. The lowest BCUT2D eigenvalue weighted by molar-refractivity contribution is -0.144. The molecule has 0 aliphatic heterocycles. The largest absolute Gasteiger partial charge is 0.491 e. The number of carbonyl (C=O) groups excluding carboxylic acids is 3. The van der Waals surface area contributed by atoms with Gasteiger partial charge in [-0.3, -0.25) is 9.59 Å². The van der Waals surface area contributed by atoms with E-state index in [9.17, 15) is 14.4 Å². The van der Waals surface area contributed by atoms with Gasteiger partial charge in [-0.15, -0.1) is 0 Å². The van der Waals surface area contributed by atoms with Gasteiger partial charge in [0, 0.05) is 31.6 Å². The van der Waals surface area contributed by atoms with Gasteiger partial charge >= 0.3 is 17.9 Å². The number of rotatable bonds is 28. The van der Waals surface area contributed by atoms with Gasteiger partial charge in [0.1, 0.15) is 67.7 Å². The topological polar surface area (TPSA) is 173 Å². The highest BCUT2D eigenvalue weighted by Gasteiger charge is 2.17. The maximum atomic E-state index is 12.6. The summed E-state index contributed by atoms with van der Waals surface area (Å²) in [6.45, 7) is 11.9. The van der Waals surface area contributed by atoms with Crippen molar-refractivity contribution in [1.29, 1.82) is 10.5 Å². The Bertz CT molecular complexity index is 3000. The van der Waals surface area contributed by atoms with E-state index in [0.29, 0.717) is 78.6 Å². The Balaban J connectivity index is 0.905. The van der Waals surface area contributed by atoms with Gasteiger partial charge in [0.25, 0.3) is 0 Å².